The maximum atomic E-state index is 8.58. The molecule has 0 aliphatic rings. The second kappa shape index (κ2) is 13.4. The Kier molecular flexibility index (Phi) is 10.2. The predicted octanol–water partition coefficient (Wildman–Crippen LogP) is 8.48. The number of hydrogen-bond acceptors (Lipinski definition) is 4. The maximum absolute atomic E-state index is 8.58. The highest BCUT2D eigenvalue weighted by Crippen LogP contribution is 2.38. The van der Waals surface area contributed by atoms with Crippen molar-refractivity contribution in [1.29, 1.82) is 0 Å². The van der Waals surface area contributed by atoms with Crippen LogP contribution >= 0.6 is 57.0 Å². The monoisotopic (exact) mass is 744 g/mol. The molecular formula is C30H22BBr3FO4P. The summed E-state index contributed by atoms with van der Waals surface area (Å²) in [4.78, 5) is 0. The van der Waals surface area contributed by atoms with Crippen molar-refractivity contribution >= 4 is 119 Å². The Morgan fingerprint density at radius 3 is 1.27 bits per heavy atom. The SMILES string of the molecule is Brc1cccc2oc3cccc(Br)c3c12.F.OB(O)c1ccccc1.Pc1cccc2oc3cccc(Br)c3c12. The van der Waals surface area contributed by atoms with E-state index in [1.54, 1.807) is 24.3 Å². The fourth-order valence-electron chi connectivity index (χ4n) is 4.26. The van der Waals surface area contributed by atoms with Gasteiger partial charge in [0.1, 0.15) is 22.3 Å². The minimum absolute atomic E-state index is 0. The van der Waals surface area contributed by atoms with Crippen LogP contribution in [0.3, 0.4) is 0 Å². The molecule has 10 heteroatoms. The lowest BCUT2D eigenvalue weighted by Crippen LogP contribution is -2.29. The Labute approximate surface area is 257 Å². The van der Waals surface area contributed by atoms with Crippen LogP contribution in [-0.4, -0.2) is 17.2 Å². The van der Waals surface area contributed by atoms with Gasteiger partial charge in [-0.3, -0.25) is 4.70 Å². The van der Waals surface area contributed by atoms with Gasteiger partial charge in [-0.05, 0) is 53.2 Å². The van der Waals surface area contributed by atoms with E-state index < -0.39 is 7.12 Å². The number of benzene rings is 5. The highest BCUT2D eigenvalue weighted by molar-refractivity contribution is 9.11. The lowest BCUT2D eigenvalue weighted by atomic mass is 9.81. The normalized spacial score (nSPS) is 10.6. The molecule has 5 aromatic carbocycles. The summed E-state index contributed by atoms with van der Waals surface area (Å²) in [7, 11) is 1.41. The first kappa shape index (κ1) is 30.4. The van der Waals surface area contributed by atoms with Crippen LogP contribution in [0.25, 0.3) is 43.9 Å². The second-order valence-corrected chi connectivity index (χ2v) is 11.7. The van der Waals surface area contributed by atoms with Gasteiger partial charge in [-0.25, -0.2) is 0 Å². The van der Waals surface area contributed by atoms with E-state index in [0.29, 0.717) is 5.46 Å². The van der Waals surface area contributed by atoms with Gasteiger partial charge in [0.15, 0.2) is 0 Å². The Morgan fingerprint density at radius 1 is 0.500 bits per heavy atom. The topological polar surface area (TPSA) is 66.7 Å². The van der Waals surface area contributed by atoms with E-state index in [1.807, 2.05) is 72.8 Å². The summed E-state index contributed by atoms with van der Waals surface area (Å²) in [6, 6.07) is 32.7. The Bertz CT molecular complexity index is 1680. The van der Waals surface area contributed by atoms with Crippen LogP contribution in [0.4, 0.5) is 4.70 Å². The van der Waals surface area contributed by atoms with E-state index in [9.17, 15) is 0 Å². The molecule has 2 heterocycles. The fourth-order valence-corrected chi connectivity index (χ4v) is 6.30. The van der Waals surface area contributed by atoms with Crippen LogP contribution in [-0.2, 0) is 0 Å². The minimum Gasteiger partial charge on any atom is -0.456 e. The van der Waals surface area contributed by atoms with Crippen molar-refractivity contribution in [3.63, 3.8) is 0 Å². The van der Waals surface area contributed by atoms with Gasteiger partial charge in [-0.1, -0.05) is 108 Å². The summed E-state index contributed by atoms with van der Waals surface area (Å²) in [6.07, 6.45) is 0. The lowest BCUT2D eigenvalue weighted by Gasteiger charge is -1.95. The van der Waals surface area contributed by atoms with Gasteiger partial charge in [0.2, 0.25) is 0 Å². The molecule has 2 aromatic heterocycles. The van der Waals surface area contributed by atoms with Gasteiger partial charge < -0.3 is 18.9 Å². The molecule has 4 nitrogen and oxygen atoms in total. The summed E-state index contributed by atoms with van der Waals surface area (Å²) >= 11 is 10.7. The van der Waals surface area contributed by atoms with E-state index in [0.717, 1.165) is 57.2 Å². The predicted molar refractivity (Wildman–Crippen MR) is 179 cm³/mol. The molecule has 7 aromatic rings. The number of halogens is 4. The first-order valence-electron chi connectivity index (χ1n) is 11.9. The zero-order valence-electron chi connectivity index (χ0n) is 20.7. The molecule has 0 radical (unpaired) electrons. The van der Waals surface area contributed by atoms with Crippen LogP contribution in [0.5, 0.6) is 0 Å². The average molecular weight is 747 g/mol. The van der Waals surface area contributed by atoms with Gasteiger partial charge in [0, 0.05) is 35.0 Å². The molecule has 0 spiro atoms. The van der Waals surface area contributed by atoms with Gasteiger partial charge >= 0.3 is 7.12 Å². The standard InChI is InChI=1S/C12H6Br2O.C12H8BrOP.C6H7BO2.FH/c13-7-3-1-5-9-11(7)12-8(14)4-2-6-10(12)15-9;13-7-3-1-4-8-11(7)12-9(14-8)5-2-6-10(12)15;8-7(9)6-4-2-1-3-5-6;/h1-6H;1-6H,15H2;1-5,8-9H;1H. The quantitative estimate of drug-likeness (QED) is 0.131. The van der Waals surface area contributed by atoms with Crippen molar-refractivity contribution in [2.45, 2.75) is 0 Å². The molecule has 1 atom stereocenters. The van der Waals surface area contributed by atoms with Gasteiger partial charge in [0.05, 0.1) is 0 Å². The van der Waals surface area contributed by atoms with Crippen LogP contribution in [0.1, 0.15) is 0 Å². The van der Waals surface area contributed by atoms with Crippen molar-refractivity contribution < 1.29 is 23.6 Å². The Hall–Kier alpha value is -2.52. The van der Waals surface area contributed by atoms with E-state index in [-0.39, 0.29) is 4.70 Å². The van der Waals surface area contributed by atoms with E-state index in [4.69, 9.17) is 18.9 Å². The molecule has 0 bridgehead atoms. The summed E-state index contributed by atoms with van der Waals surface area (Å²) in [5.41, 5.74) is 4.20. The molecule has 0 aliphatic carbocycles. The first-order chi connectivity index (χ1) is 18.8. The lowest BCUT2D eigenvalue weighted by molar-refractivity contribution is 0.426. The molecule has 0 saturated carbocycles. The van der Waals surface area contributed by atoms with Crippen LogP contribution in [0.15, 0.2) is 125 Å². The Balaban J connectivity index is 0.000000142. The smallest absolute Gasteiger partial charge is 0.456 e. The average Bonchev–Trinajstić information content (AvgIpc) is 3.51. The van der Waals surface area contributed by atoms with Crippen molar-refractivity contribution in [2.75, 3.05) is 0 Å². The van der Waals surface area contributed by atoms with Gasteiger partial charge in [-0.2, -0.15) is 0 Å². The molecule has 0 saturated heterocycles. The van der Waals surface area contributed by atoms with Crippen molar-refractivity contribution in [1.82, 2.24) is 0 Å². The first-order valence-corrected chi connectivity index (χ1v) is 14.8. The summed E-state index contributed by atoms with van der Waals surface area (Å²) in [5.74, 6) is 0. The number of hydrogen-bond donors (Lipinski definition) is 2. The second-order valence-electron chi connectivity index (χ2n) is 8.55. The number of rotatable bonds is 1. The van der Waals surface area contributed by atoms with E-state index >= 15 is 0 Å². The molecule has 0 fully saturated rings. The van der Waals surface area contributed by atoms with E-state index in [2.05, 4.69) is 63.1 Å². The molecule has 40 heavy (non-hydrogen) atoms. The highest BCUT2D eigenvalue weighted by atomic mass is 79.9. The van der Waals surface area contributed by atoms with Crippen LogP contribution in [0.2, 0.25) is 0 Å². The van der Waals surface area contributed by atoms with Crippen molar-refractivity contribution in [3.05, 3.63) is 117 Å². The van der Waals surface area contributed by atoms with Gasteiger partial charge in [0.25, 0.3) is 0 Å². The van der Waals surface area contributed by atoms with Crippen molar-refractivity contribution in [2.24, 2.45) is 0 Å². The van der Waals surface area contributed by atoms with Gasteiger partial charge in [-0.15, -0.1) is 9.24 Å². The molecule has 0 aliphatic heterocycles. The Morgan fingerprint density at radius 2 is 0.875 bits per heavy atom. The molecule has 1 unspecified atom stereocenters. The molecular weight excluding hydrogens is 725 g/mol. The largest absolute Gasteiger partial charge is 0.488 e. The molecule has 7 rings (SSSR count). The zero-order chi connectivity index (χ0) is 27.5. The maximum Gasteiger partial charge on any atom is 0.488 e. The molecule has 202 valence electrons. The van der Waals surface area contributed by atoms with Crippen LogP contribution < -0.4 is 10.8 Å². The fraction of sp³-hybridized carbons (Fsp3) is 0. The highest BCUT2D eigenvalue weighted by Gasteiger charge is 2.12. The summed E-state index contributed by atoms with van der Waals surface area (Å²) < 4.78 is 14.7. The number of fused-ring (bicyclic) bond motifs is 6. The number of furan rings is 2. The summed E-state index contributed by atoms with van der Waals surface area (Å²) in [6.45, 7) is 0. The third-order valence-corrected chi connectivity index (χ3v) is 8.49. The van der Waals surface area contributed by atoms with Crippen molar-refractivity contribution in [3.8, 4) is 0 Å². The zero-order valence-corrected chi connectivity index (χ0v) is 26.6. The third kappa shape index (κ3) is 6.36. The minimum atomic E-state index is -1.34. The molecule has 0 amide bonds. The van der Waals surface area contributed by atoms with Crippen LogP contribution in [0, 0.1) is 0 Å². The van der Waals surface area contributed by atoms with E-state index in [1.165, 1.54) is 5.39 Å². The third-order valence-electron chi connectivity index (χ3n) is 6.02. The summed E-state index contributed by atoms with van der Waals surface area (Å²) in [5, 5.41) is 22.9. The molecule has 2 N–H and O–H groups in total.